The van der Waals surface area contributed by atoms with E-state index < -0.39 is 0 Å². The van der Waals surface area contributed by atoms with Crippen LogP contribution in [-0.2, 0) is 11.3 Å². The van der Waals surface area contributed by atoms with Crippen molar-refractivity contribution in [2.45, 2.75) is 25.9 Å². The fourth-order valence-electron chi connectivity index (χ4n) is 4.01. The van der Waals surface area contributed by atoms with E-state index in [0.717, 1.165) is 45.0 Å². The number of nitrogens with zero attached hydrogens (tertiary/aromatic N) is 5. The molecule has 0 bridgehead atoms. The number of benzene rings is 1. The third kappa shape index (κ3) is 3.89. The number of carbonyl (C=O) groups is 1. The van der Waals surface area contributed by atoms with Crippen molar-refractivity contribution in [2.75, 3.05) is 37.6 Å². The Kier molecular flexibility index (Phi) is 5.34. The summed E-state index contributed by atoms with van der Waals surface area (Å²) in [5.41, 5.74) is 2.76. The molecule has 0 aliphatic carbocycles. The van der Waals surface area contributed by atoms with E-state index in [0.29, 0.717) is 12.2 Å². The summed E-state index contributed by atoms with van der Waals surface area (Å²) in [6.45, 7) is 6.90. The van der Waals surface area contributed by atoms with Crippen molar-refractivity contribution < 1.29 is 4.79 Å². The first kappa shape index (κ1) is 18.6. The fourth-order valence-corrected chi connectivity index (χ4v) is 4.01. The van der Waals surface area contributed by atoms with Crippen molar-refractivity contribution >= 4 is 17.4 Å². The van der Waals surface area contributed by atoms with Crippen molar-refractivity contribution in [2.24, 2.45) is 5.18 Å². The molecule has 0 N–H and O–H groups in total. The molecule has 2 saturated heterocycles. The average Bonchev–Trinajstić information content (AvgIpc) is 3.10. The van der Waals surface area contributed by atoms with Crippen LogP contribution < -0.4 is 4.90 Å². The molecule has 0 radical (unpaired) electrons. The minimum Gasteiger partial charge on any atom is -0.354 e. The highest BCUT2D eigenvalue weighted by molar-refractivity contribution is 5.84. The Morgan fingerprint density at radius 3 is 2.43 bits per heavy atom. The molecule has 3 heterocycles. The SMILES string of the molecule is Cc1ccc(CN2CC[C@H](N3CCN(c4ccc(N=O)cn4)CC3)C2=O)cc1. The van der Waals surface area contributed by atoms with E-state index in [1.165, 1.54) is 17.3 Å². The van der Waals surface area contributed by atoms with E-state index in [2.05, 4.69) is 51.1 Å². The number of anilines is 1. The Morgan fingerprint density at radius 2 is 1.79 bits per heavy atom. The number of piperazine rings is 1. The second-order valence-corrected chi connectivity index (χ2v) is 7.54. The van der Waals surface area contributed by atoms with Crippen LogP contribution >= 0.6 is 0 Å². The normalized spacial score (nSPS) is 20.6. The highest BCUT2D eigenvalue weighted by Crippen LogP contribution is 2.23. The number of likely N-dealkylation sites (tertiary alicyclic amines) is 1. The van der Waals surface area contributed by atoms with Crippen molar-refractivity contribution in [3.8, 4) is 0 Å². The quantitative estimate of drug-likeness (QED) is 0.747. The van der Waals surface area contributed by atoms with Crippen LogP contribution in [0, 0.1) is 11.8 Å². The molecule has 2 aliphatic heterocycles. The second kappa shape index (κ2) is 8.06. The second-order valence-electron chi connectivity index (χ2n) is 7.54. The van der Waals surface area contributed by atoms with Gasteiger partial charge in [-0.05, 0) is 36.2 Å². The number of nitroso groups, excluding NO2 is 1. The molecular weight excluding hydrogens is 354 g/mol. The van der Waals surface area contributed by atoms with Gasteiger partial charge in [-0.25, -0.2) is 4.98 Å². The van der Waals surface area contributed by atoms with Crippen LogP contribution in [-0.4, -0.2) is 59.5 Å². The highest BCUT2D eigenvalue weighted by atomic mass is 16.3. The predicted molar refractivity (Wildman–Crippen MR) is 108 cm³/mol. The maximum Gasteiger partial charge on any atom is 0.240 e. The standard InChI is InChI=1S/C21H25N5O2/c1-16-2-4-17(5-3-16)15-26-9-8-19(21(26)27)24-10-12-25(13-11-24)20-7-6-18(23-28)14-22-20/h2-7,14,19H,8-13,15H2,1H3/t19-/m0/s1. The number of aromatic nitrogens is 1. The minimum absolute atomic E-state index is 0.0119. The van der Waals surface area contributed by atoms with Gasteiger partial charge in [0.2, 0.25) is 5.91 Å². The van der Waals surface area contributed by atoms with E-state index in [1.807, 2.05) is 11.0 Å². The van der Waals surface area contributed by atoms with Gasteiger partial charge in [-0.2, -0.15) is 0 Å². The van der Waals surface area contributed by atoms with Gasteiger partial charge in [0.1, 0.15) is 11.5 Å². The summed E-state index contributed by atoms with van der Waals surface area (Å²) in [5, 5.41) is 2.89. The summed E-state index contributed by atoms with van der Waals surface area (Å²) in [4.78, 5) is 34.2. The molecule has 0 unspecified atom stereocenters. The first-order valence-corrected chi connectivity index (χ1v) is 9.77. The summed E-state index contributed by atoms with van der Waals surface area (Å²) in [7, 11) is 0. The van der Waals surface area contributed by atoms with Crippen molar-refractivity contribution in [1.82, 2.24) is 14.8 Å². The monoisotopic (exact) mass is 379 g/mol. The van der Waals surface area contributed by atoms with Gasteiger partial charge in [0.05, 0.1) is 12.2 Å². The Labute approximate surface area is 164 Å². The summed E-state index contributed by atoms with van der Waals surface area (Å²) in [6, 6.07) is 11.9. The largest absolute Gasteiger partial charge is 0.354 e. The number of carbonyl (C=O) groups excluding carboxylic acids is 1. The molecule has 4 rings (SSSR count). The number of amides is 1. The van der Waals surface area contributed by atoms with Gasteiger partial charge in [0, 0.05) is 39.3 Å². The zero-order chi connectivity index (χ0) is 19.5. The molecular formula is C21H25N5O2. The van der Waals surface area contributed by atoms with Crippen molar-refractivity contribution in [1.29, 1.82) is 0 Å². The molecule has 1 aromatic heterocycles. The lowest BCUT2D eigenvalue weighted by Crippen LogP contribution is -2.52. The first-order valence-electron chi connectivity index (χ1n) is 9.77. The van der Waals surface area contributed by atoms with Gasteiger partial charge < -0.3 is 9.80 Å². The minimum atomic E-state index is -0.0119. The van der Waals surface area contributed by atoms with Gasteiger partial charge in [-0.1, -0.05) is 29.8 Å². The summed E-state index contributed by atoms with van der Waals surface area (Å²) in [6.07, 6.45) is 2.39. The Hall–Kier alpha value is -2.80. The van der Waals surface area contributed by atoms with Crippen LogP contribution in [0.1, 0.15) is 17.5 Å². The molecule has 2 fully saturated rings. The molecule has 1 amide bonds. The van der Waals surface area contributed by atoms with Gasteiger partial charge in [0.15, 0.2) is 0 Å². The number of pyridine rings is 1. The predicted octanol–water partition coefficient (Wildman–Crippen LogP) is 2.71. The fraction of sp³-hybridized carbons (Fsp3) is 0.429. The number of hydrogen-bond donors (Lipinski definition) is 0. The number of aryl methyl sites for hydroxylation is 1. The lowest BCUT2D eigenvalue weighted by molar-refractivity contribution is -0.132. The van der Waals surface area contributed by atoms with Crippen LogP contribution in [0.3, 0.4) is 0 Å². The Bertz CT molecular complexity index is 829. The van der Waals surface area contributed by atoms with Crippen LogP contribution in [0.25, 0.3) is 0 Å². The van der Waals surface area contributed by atoms with Crippen LogP contribution in [0.5, 0.6) is 0 Å². The van der Waals surface area contributed by atoms with E-state index in [4.69, 9.17) is 0 Å². The van der Waals surface area contributed by atoms with E-state index >= 15 is 0 Å². The highest BCUT2D eigenvalue weighted by Gasteiger charge is 2.37. The van der Waals surface area contributed by atoms with Crippen LogP contribution in [0.15, 0.2) is 47.8 Å². The first-order chi connectivity index (χ1) is 13.6. The van der Waals surface area contributed by atoms with Gasteiger partial charge in [0.25, 0.3) is 0 Å². The number of rotatable bonds is 5. The lowest BCUT2D eigenvalue weighted by atomic mass is 10.1. The van der Waals surface area contributed by atoms with E-state index in [-0.39, 0.29) is 11.9 Å². The van der Waals surface area contributed by atoms with Crippen LogP contribution in [0.4, 0.5) is 11.5 Å². The number of hydrogen-bond acceptors (Lipinski definition) is 6. The zero-order valence-electron chi connectivity index (χ0n) is 16.1. The van der Waals surface area contributed by atoms with Crippen LogP contribution in [0.2, 0.25) is 0 Å². The Balaban J connectivity index is 1.32. The average molecular weight is 379 g/mol. The van der Waals surface area contributed by atoms with E-state index in [1.54, 1.807) is 6.07 Å². The molecule has 7 heteroatoms. The topological polar surface area (TPSA) is 69.1 Å². The maximum atomic E-state index is 12.9. The smallest absolute Gasteiger partial charge is 0.240 e. The van der Waals surface area contributed by atoms with Crippen molar-refractivity contribution in [3.63, 3.8) is 0 Å². The molecule has 1 aromatic carbocycles. The summed E-state index contributed by atoms with van der Waals surface area (Å²) in [5.74, 6) is 1.10. The van der Waals surface area contributed by atoms with Gasteiger partial charge in [-0.3, -0.25) is 9.69 Å². The molecule has 7 nitrogen and oxygen atoms in total. The zero-order valence-corrected chi connectivity index (χ0v) is 16.1. The molecule has 0 saturated carbocycles. The lowest BCUT2D eigenvalue weighted by Gasteiger charge is -2.37. The molecule has 1 atom stereocenters. The van der Waals surface area contributed by atoms with Gasteiger partial charge >= 0.3 is 0 Å². The van der Waals surface area contributed by atoms with Crippen molar-refractivity contribution in [3.05, 3.63) is 58.6 Å². The molecule has 0 spiro atoms. The molecule has 146 valence electrons. The molecule has 2 aliphatic rings. The Morgan fingerprint density at radius 1 is 1.04 bits per heavy atom. The third-order valence-corrected chi connectivity index (χ3v) is 5.68. The van der Waals surface area contributed by atoms with Gasteiger partial charge in [-0.15, -0.1) is 4.91 Å². The molecule has 28 heavy (non-hydrogen) atoms. The summed E-state index contributed by atoms with van der Waals surface area (Å²) >= 11 is 0. The maximum absolute atomic E-state index is 12.9. The molecule has 2 aromatic rings. The summed E-state index contributed by atoms with van der Waals surface area (Å²) < 4.78 is 0. The third-order valence-electron chi connectivity index (χ3n) is 5.68. The van der Waals surface area contributed by atoms with E-state index in [9.17, 15) is 9.70 Å².